The highest BCUT2D eigenvalue weighted by molar-refractivity contribution is 7.89. The maximum atomic E-state index is 12.5. The first kappa shape index (κ1) is 15.9. The van der Waals surface area contributed by atoms with Crippen molar-refractivity contribution in [3.05, 3.63) is 63.0 Å². The van der Waals surface area contributed by atoms with Crippen molar-refractivity contribution in [1.82, 2.24) is 14.1 Å². The Bertz CT molecular complexity index is 1020. The Hall–Kier alpha value is -2.03. The van der Waals surface area contributed by atoms with Crippen LogP contribution in [0.15, 0.2) is 46.2 Å². The molecule has 6 nitrogen and oxygen atoms in total. The maximum absolute atomic E-state index is 12.5. The van der Waals surface area contributed by atoms with Crippen LogP contribution in [0.2, 0.25) is 0 Å². The van der Waals surface area contributed by atoms with E-state index in [-0.39, 0.29) is 17.1 Å². The van der Waals surface area contributed by atoms with Crippen molar-refractivity contribution in [2.75, 3.05) is 0 Å². The predicted molar refractivity (Wildman–Crippen MR) is 89.3 cm³/mol. The molecule has 1 aromatic carbocycles. The standard InChI is InChI=1S/C15H15N3O3S2/c1-10-9-18-14(19)13(11(2)17-15(18)22-10)23(20,21)16-8-12-6-4-3-5-7-12/h3-7,9,16H,8H2,1-2H3. The summed E-state index contributed by atoms with van der Waals surface area (Å²) in [4.78, 5) is 17.9. The van der Waals surface area contributed by atoms with Crippen LogP contribution in [0.4, 0.5) is 0 Å². The molecule has 8 heteroatoms. The van der Waals surface area contributed by atoms with E-state index in [2.05, 4.69) is 9.71 Å². The van der Waals surface area contributed by atoms with E-state index in [4.69, 9.17) is 0 Å². The Balaban J connectivity index is 2.02. The second-order valence-corrected chi connectivity index (χ2v) is 8.05. The number of rotatable bonds is 4. The molecule has 0 spiro atoms. The summed E-state index contributed by atoms with van der Waals surface area (Å²) < 4.78 is 28.8. The van der Waals surface area contributed by atoms with Crippen molar-refractivity contribution in [1.29, 1.82) is 0 Å². The van der Waals surface area contributed by atoms with E-state index < -0.39 is 15.6 Å². The van der Waals surface area contributed by atoms with Crippen LogP contribution in [-0.2, 0) is 16.6 Å². The second kappa shape index (κ2) is 5.88. The Morgan fingerprint density at radius 2 is 1.91 bits per heavy atom. The number of nitrogens with zero attached hydrogens (tertiary/aromatic N) is 2. The van der Waals surface area contributed by atoms with Gasteiger partial charge in [0.1, 0.15) is 0 Å². The number of thiazole rings is 1. The summed E-state index contributed by atoms with van der Waals surface area (Å²) >= 11 is 1.35. The number of aromatic nitrogens is 2. The van der Waals surface area contributed by atoms with Crippen molar-refractivity contribution >= 4 is 26.3 Å². The number of benzene rings is 1. The van der Waals surface area contributed by atoms with Gasteiger partial charge >= 0.3 is 0 Å². The van der Waals surface area contributed by atoms with Gasteiger partial charge in [0.05, 0.1) is 5.69 Å². The third kappa shape index (κ3) is 3.05. The summed E-state index contributed by atoms with van der Waals surface area (Å²) in [6, 6.07) is 9.13. The molecule has 0 saturated carbocycles. The van der Waals surface area contributed by atoms with Crippen LogP contribution in [0, 0.1) is 13.8 Å². The Labute approximate surface area is 137 Å². The molecule has 1 N–H and O–H groups in total. The molecule has 0 aliphatic rings. The molecule has 0 aliphatic heterocycles. The van der Waals surface area contributed by atoms with Gasteiger partial charge in [0, 0.05) is 17.6 Å². The number of nitrogens with one attached hydrogen (secondary N) is 1. The maximum Gasteiger partial charge on any atom is 0.279 e. The van der Waals surface area contributed by atoms with E-state index in [1.165, 1.54) is 22.7 Å². The second-order valence-electron chi connectivity index (χ2n) is 5.14. The predicted octanol–water partition coefficient (Wildman–Crippen LogP) is 1.85. The number of sulfonamides is 1. The van der Waals surface area contributed by atoms with E-state index >= 15 is 0 Å². The molecule has 0 saturated heterocycles. The fraction of sp³-hybridized carbons (Fsp3) is 0.200. The lowest BCUT2D eigenvalue weighted by atomic mass is 10.2. The van der Waals surface area contributed by atoms with Crippen molar-refractivity contribution < 1.29 is 8.42 Å². The van der Waals surface area contributed by atoms with Crippen molar-refractivity contribution in [3.63, 3.8) is 0 Å². The molecule has 0 atom stereocenters. The third-order valence-corrected chi connectivity index (χ3v) is 5.78. The van der Waals surface area contributed by atoms with Gasteiger partial charge in [-0.1, -0.05) is 30.3 Å². The zero-order valence-corrected chi connectivity index (χ0v) is 14.2. The first-order valence-electron chi connectivity index (χ1n) is 6.91. The van der Waals surface area contributed by atoms with Crippen LogP contribution in [0.25, 0.3) is 4.96 Å². The molecule has 0 amide bonds. The summed E-state index contributed by atoms with van der Waals surface area (Å²) in [5.74, 6) is 0. The van der Waals surface area contributed by atoms with Crippen LogP contribution in [0.3, 0.4) is 0 Å². The summed E-state index contributed by atoms with van der Waals surface area (Å²) in [7, 11) is -3.94. The van der Waals surface area contributed by atoms with Gasteiger partial charge in [-0.25, -0.2) is 18.1 Å². The minimum atomic E-state index is -3.94. The molecule has 2 aromatic heterocycles. The first-order valence-corrected chi connectivity index (χ1v) is 9.21. The minimum absolute atomic E-state index is 0.118. The quantitative estimate of drug-likeness (QED) is 0.779. The summed E-state index contributed by atoms with van der Waals surface area (Å²) in [6.45, 7) is 3.50. The lowest BCUT2D eigenvalue weighted by molar-refractivity contribution is 0.578. The summed E-state index contributed by atoms with van der Waals surface area (Å²) in [5, 5.41) is 0. The summed E-state index contributed by atoms with van der Waals surface area (Å²) in [5.41, 5.74) is 0.448. The summed E-state index contributed by atoms with van der Waals surface area (Å²) in [6.07, 6.45) is 1.60. The molecule has 0 fully saturated rings. The minimum Gasteiger partial charge on any atom is -0.267 e. The van der Waals surface area contributed by atoms with Gasteiger partial charge in [0.2, 0.25) is 10.0 Å². The highest BCUT2D eigenvalue weighted by atomic mass is 32.2. The van der Waals surface area contributed by atoms with E-state index in [0.29, 0.717) is 4.96 Å². The van der Waals surface area contributed by atoms with Gasteiger partial charge in [-0.3, -0.25) is 9.20 Å². The average molecular weight is 349 g/mol. The smallest absolute Gasteiger partial charge is 0.267 e. The van der Waals surface area contributed by atoms with Crippen LogP contribution >= 0.6 is 11.3 Å². The Morgan fingerprint density at radius 3 is 2.61 bits per heavy atom. The first-order chi connectivity index (χ1) is 10.9. The van der Waals surface area contributed by atoms with Crippen molar-refractivity contribution in [2.24, 2.45) is 0 Å². The molecule has 0 bridgehead atoms. The molecule has 2 heterocycles. The topological polar surface area (TPSA) is 80.5 Å². The van der Waals surface area contributed by atoms with Gasteiger partial charge in [0.15, 0.2) is 9.86 Å². The van der Waals surface area contributed by atoms with Crippen molar-refractivity contribution in [3.8, 4) is 0 Å². The van der Waals surface area contributed by atoms with Crippen LogP contribution in [0.5, 0.6) is 0 Å². The molecule has 3 rings (SSSR count). The largest absolute Gasteiger partial charge is 0.279 e. The van der Waals surface area contributed by atoms with Gasteiger partial charge in [-0.2, -0.15) is 0 Å². The fourth-order valence-corrected chi connectivity index (χ4v) is 4.42. The van der Waals surface area contributed by atoms with E-state index in [0.717, 1.165) is 10.4 Å². The number of hydrogen-bond acceptors (Lipinski definition) is 5. The molecule has 120 valence electrons. The lowest BCUT2D eigenvalue weighted by Crippen LogP contribution is -2.32. The van der Waals surface area contributed by atoms with E-state index in [1.54, 1.807) is 6.20 Å². The molecule has 0 aliphatic carbocycles. The molecular formula is C15H15N3O3S2. The van der Waals surface area contributed by atoms with Gasteiger partial charge in [-0.05, 0) is 19.4 Å². The normalized spacial score (nSPS) is 11.9. The molecule has 0 radical (unpaired) electrons. The van der Waals surface area contributed by atoms with Crippen LogP contribution in [0.1, 0.15) is 16.1 Å². The zero-order valence-electron chi connectivity index (χ0n) is 12.6. The van der Waals surface area contributed by atoms with Gasteiger partial charge < -0.3 is 0 Å². The SMILES string of the molecule is Cc1cn2c(=O)c(S(=O)(=O)NCc3ccccc3)c(C)nc2s1. The fourth-order valence-electron chi connectivity index (χ4n) is 2.29. The molecule has 23 heavy (non-hydrogen) atoms. The Kier molecular flexibility index (Phi) is 4.05. The highest BCUT2D eigenvalue weighted by Gasteiger charge is 2.24. The van der Waals surface area contributed by atoms with Crippen LogP contribution in [-0.4, -0.2) is 17.8 Å². The molecule has 0 unspecified atom stereocenters. The van der Waals surface area contributed by atoms with Gasteiger partial charge in [0.25, 0.3) is 5.56 Å². The number of fused-ring (bicyclic) bond motifs is 1. The Morgan fingerprint density at radius 1 is 1.22 bits per heavy atom. The average Bonchev–Trinajstić information content (AvgIpc) is 2.87. The van der Waals surface area contributed by atoms with Crippen molar-refractivity contribution in [2.45, 2.75) is 25.3 Å². The third-order valence-electron chi connectivity index (χ3n) is 3.35. The number of hydrogen-bond donors (Lipinski definition) is 1. The monoisotopic (exact) mass is 349 g/mol. The van der Waals surface area contributed by atoms with E-state index in [9.17, 15) is 13.2 Å². The van der Waals surface area contributed by atoms with Crippen LogP contribution < -0.4 is 10.3 Å². The highest BCUT2D eigenvalue weighted by Crippen LogP contribution is 2.17. The molecule has 3 aromatic rings. The zero-order chi connectivity index (χ0) is 16.6. The lowest BCUT2D eigenvalue weighted by Gasteiger charge is -2.08. The number of aryl methyl sites for hydroxylation is 2. The van der Waals surface area contributed by atoms with E-state index in [1.807, 2.05) is 37.3 Å². The van der Waals surface area contributed by atoms with Gasteiger partial charge in [-0.15, -0.1) is 11.3 Å². The molecular weight excluding hydrogens is 334 g/mol.